The Morgan fingerprint density at radius 2 is 1.85 bits per heavy atom. The summed E-state index contributed by atoms with van der Waals surface area (Å²) in [7, 11) is 0. The molecule has 9 nitrogen and oxygen atoms in total. The summed E-state index contributed by atoms with van der Waals surface area (Å²) in [6, 6.07) is 11.4. The van der Waals surface area contributed by atoms with Crippen LogP contribution in [-0.2, 0) is 20.7 Å². The van der Waals surface area contributed by atoms with Gasteiger partial charge in [-0.1, -0.05) is 58.6 Å². The number of rotatable bonds is 8. The van der Waals surface area contributed by atoms with Crippen LogP contribution in [0.25, 0.3) is 11.1 Å². The molecule has 1 unspecified atom stereocenters. The molecule has 0 saturated heterocycles. The third-order valence-corrected chi connectivity index (χ3v) is 5.45. The number of ether oxygens (including phenoxy) is 1. The Labute approximate surface area is 207 Å². The second-order valence-corrected chi connectivity index (χ2v) is 9.50. The topological polar surface area (TPSA) is 122 Å². The monoisotopic (exact) mass is 504 g/mol. The molecule has 34 heavy (non-hydrogen) atoms. The number of amides is 1. The molecule has 0 saturated carbocycles. The Bertz CT molecular complexity index is 1150. The molecule has 0 fully saturated rings. The number of tetrazole rings is 1. The number of halogens is 2. The Balaban J connectivity index is 1.82. The third-order valence-electron chi connectivity index (χ3n) is 4.77. The van der Waals surface area contributed by atoms with Crippen molar-refractivity contribution in [1.82, 2.24) is 25.9 Å². The van der Waals surface area contributed by atoms with Crippen LogP contribution in [0, 0.1) is 0 Å². The summed E-state index contributed by atoms with van der Waals surface area (Å²) in [4.78, 5) is 25.5. The average Bonchev–Trinajstić information content (AvgIpc) is 3.26. The van der Waals surface area contributed by atoms with Crippen LogP contribution in [0.2, 0.25) is 10.0 Å². The van der Waals surface area contributed by atoms with E-state index < -0.39 is 29.6 Å². The van der Waals surface area contributed by atoms with Gasteiger partial charge in [-0.05, 0) is 62.6 Å². The van der Waals surface area contributed by atoms with Gasteiger partial charge in [0.1, 0.15) is 11.6 Å². The number of anilines is 1. The van der Waals surface area contributed by atoms with Crippen LogP contribution < -0.4 is 10.6 Å². The van der Waals surface area contributed by atoms with Crippen LogP contribution in [0.4, 0.5) is 5.95 Å². The fourth-order valence-corrected chi connectivity index (χ4v) is 3.70. The normalized spacial score (nSPS) is 13.2. The van der Waals surface area contributed by atoms with Gasteiger partial charge in [0.2, 0.25) is 5.91 Å². The van der Waals surface area contributed by atoms with Crippen LogP contribution >= 0.6 is 23.2 Å². The zero-order valence-corrected chi connectivity index (χ0v) is 20.7. The second-order valence-electron chi connectivity index (χ2n) is 8.69. The van der Waals surface area contributed by atoms with Crippen LogP contribution in [0.15, 0.2) is 42.5 Å². The maximum Gasteiger partial charge on any atom is 0.323 e. The predicted molar refractivity (Wildman–Crippen MR) is 131 cm³/mol. The minimum Gasteiger partial charge on any atom is -0.459 e. The Morgan fingerprint density at radius 3 is 2.47 bits per heavy atom. The zero-order valence-electron chi connectivity index (χ0n) is 19.2. The number of hydrogen-bond acceptors (Lipinski definition) is 7. The molecule has 0 aliphatic heterocycles. The molecule has 1 amide bonds. The van der Waals surface area contributed by atoms with Crippen molar-refractivity contribution in [3.05, 3.63) is 58.1 Å². The van der Waals surface area contributed by atoms with Gasteiger partial charge in [0.15, 0.2) is 0 Å². The molecule has 0 radical (unpaired) electrons. The zero-order chi connectivity index (χ0) is 24.9. The van der Waals surface area contributed by atoms with Crippen molar-refractivity contribution < 1.29 is 14.3 Å². The molecular weight excluding hydrogens is 479 g/mol. The van der Waals surface area contributed by atoms with Crippen LogP contribution in [0.1, 0.15) is 33.3 Å². The lowest BCUT2D eigenvalue weighted by molar-refractivity contribution is -0.157. The first-order chi connectivity index (χ1) is 16.0. The standard InChI is InChI=1S/C23H26Cl2N6O3/c1-13(21(33)34-23(2,3)4)26-19(20(32)27-22-28-30-31-29-22)12-15-10-9-14(11-18(15)25)16-7-5-6-8-17(16)24/h5-11,13,19,26H,12H2,1-4H3,(H2,27,28,29,30,31,32)/t13?,19-/m1/s1. The number of esters is 1. The van der Waals surface area contributed by atoms with Crippen molar-refractivity contribution in [1.29, 1.82) is 0 Å². The Hall–Kier alpha value is -3.01. The van der Waals surface area contributed by atoms with E-state index in [1.54, 1.807) is 39.8 Å². The lowest BCUT2D eigenvalue weighted by atomic mass is 9.99. The quantitative estimate of drug-likeness (QED) is 0.395. The van der Waals surface area contributed by atoms with Gasteiger partial charge in [-0.2, -0.15) is 5.21 Å². The van der Waals surface area contributed by atoms with E-state index in [1.807, 2.05) is 30.3 Å². The summed E-state index contributed by atoms with van der Waals surface area (Å²) < 4.78 is 5.42. The van der Waals surface area contributed by atoms with E-state index in [0.29, 0.717) is 15.6 Å². The van der Waals surface area contributed by atoms with Gasteiger partial charge in [-0.3, -0.25) is 20.2 Å². The van der Waals surface area contributed by atoms with E-state index in [1.165, 1.54) is 0 Å². The van der Waals surface area contributed by atoms with Gasteiger partial charge in [0, 0.05) is 15.6 Å². The minimum absolute atomic E-state index is 0.0156. The van der Waals surface area contributed by atoms with Gasteiger partial charge in [-0.25, -0.2) is 0 Å². The Morgan fingerprint density at radius 1 is 1.12 bits per heavy atom. The molecule has 0 bridgehead atoms. The molecule has 3 aromatic rings. The Kier molecular flexibility index (Phi) is 8.24. The average molecular weight is 505 g/mol. The second kappa shape index (κ2) is 10.9. The summed E-state index contributed by atoms with van der Waals surface area (Å²) >= 11 is 12.9. The van der Waals surface area contributed by atoms with Crippen LogP contribution in [-0.4, -0.2) is 50.2 Å². The third kappa shape index (κ3) is 6.99. The molecule has 3 N–H and O–H groups in total. The van der Waals surface area contributed by atoms with E-state index in [0.717, 1.165) is 11.1 Å². The maximum atomic E-state index is 13.0. The van der Waals surface area contributed by atoms with Gasteiger partial charge in [0.05, 0.1) is 6.04 Å². The summed E-state index contributed by atoms with van der Waals surface area (Å²) in [5.74, 6) is -0.921. The highest BCUT2D eigenvalue weighted by Gasteiger charge is 2.28. The number of nitrogens with one attached hydrogen (secondary N) is 3. The van der Waals surface area contributed by atoms with Crippen molar-refractivity contribution >= 4 is 41.0 Å². The SMILES string of the molecule is CC(N[C@H](Cc1ccc(-c2ccccc2Cl)cc1Cl)C(=O)Nc1nn[nH]n1)C(=O)OC(C)(C)C. The van der Waals surface area contributed by atoms with Gasteiger partial charge < -0.3 is 4.74 Å². The van der Waals surface area contributed by atoms with Crippen molar-refractivity contribution in [2.75, 3.05) is 5.32 Å². The van der Waals surface area contributed by atoms with E-state index in [4.69, 9.17) is 27.9 Å². The molecule has 0 spiro atoms. The molecule has 1 heterocycles. The lowest BCUT2D eigenvalue weighted by Gasteiger charge is -2.25. The fraction of sp³-hybridized carbons (Fsp3) is 0.348. The molecule has 2 atom stereocenters. The van der Waals surface area contributed by atoms with Gasteiger partial charge in [0.25, 0.3) is 5.95 Å². The highest BCUT2D eigenvalue weighted by Crippen LogP contribution is 2.31. The smallest absolute Gasteiger partial charge is 0.323 e. The van der Waals surface area contributed by atoms with E-state index in [2.05, 4.69) is 31.3 Å². The van der Waals surface area contributed by atoms with Crippen LogP contribution in [0.5, 0.6) is 0 Å². The largest absolute Gasteiger partial charge is 0.459 e. The first-order valence-electron chi connectivity index (χ1n) is 10.6. The number of aromatic nitrogens is 4. The van der Waals surface area contributed by atoms with Gasteiger partial charge in [-0.15, -0.1) is 5.10 Å². The van der Waals surface area contributed by atoms with Crippen LogP contribution in [0.3, 0.4) is 0 Å². The molecule has 11 heteroatoms. The number of nitrogens with zero attached hydrogens (tertiary/aromatic N) is 3. The lowest BCUT2D eigenvalue weighted by Crippen LogP contribution is -2.50. The van der Waals surface area contributed by atoms with Crippen molar-refractivity contribution in [2.24, 2.45) is 0 Å². The molecule has 2 aromatic carbocycles. The molecule has 180 valence electrons. The first kappa shape index (κ1) is 25.6. The van der Waals surface area contributed by atoms with E-state index in [-0.39, 0.29) is 12.4 Å². The number of H-pyrrole nitrogens is 1. The number of carbonyl (C=O) groups is 2. The highest BCUT2D eigenvalue weighted by atomic mass is 35.5. The van der Waals surface area contributed by atoms with E-state index >= 15 is 0 Å². The summed E-state index contributed by atoms with van der Waals surface area (Å²) in [6.07, 6.45) is 0.193. The summed E-state index contributed by atoms with van der Waals surface area (Å²) in [6.45, 7) is 6.96. The number of carbonyl (C=O) groups excluding carboxylic acids is 2. The van der Waals surface area contributed by atoms with E-state index in [9.17, 15) is 9.59 Å². The summed E-state index contributed by atoms with van der Waals surface area (Å²) in [5.41, 5.74) is 1.74. The predicted octanol–water partition coefficient (Wildman–Crippen LogP) is 4.04. The first-order valence-corrected chi connectivity index (χ1v) is 11.4. The molecule has 0 aliphatic carbocycles. The minimum atomic E-state index is -0.843. The number of hydrogen-bond donors (Lipinski definition) is 3. The van der Waals surface area contributed by atoms with Crippen molar-refractivity contribution in [2.45, 2.75) is 51.8 Å². The summed E-state index contributed by atoms with van der Waals surface area (Å²) in [5, 5.41) is 19.9. The maximum absolute atomic E-state index is 13.0. The fourth-order valence-electron chi connectivity index (χ4n) is 3.19. The van der Waals surface area contributed by atoms with Crippen molar-refractivity contribution in [3.63, 3.8) is 0 Å². The molecule has 3 rings (SSSR count). The highest BCUT2D eigenvalue weighted by molar-refractivity contribution is 6.34. The van der Waals surface area contributed by atoms with Crippen molar-refractivity contribution in [3.8, 4) is 11.1 Å². The molecule has 1 aromatic heterocycles. The number of aromatic amines is 1. The molecular formula is C23H26Cl2N6O3. The number of benzene rings is 2. The molecule has 0 aliphatic rings. The van der Waals surface area contributed by atoms with Gasteiger partial charge >= 0.3 is 5.97 Å².